The maximum Gasteiger partial charge on any atom is 0.384 e. The lowest BCUT2D eigenvalue weighted by molar-refractivity contribution is 0.356. The third-order valence-electron chi connectivity index (χ3n) is 1.30. The fourth-order valence-electron chi connectivity index (χ4n) is 0.874. The van der Waals surface area contributed by atoms with Gasteiger partial charge in [-0.1, -0.05) is 0 Å². The minimum Gasteiger partial charge on any atom is -0.377 e. The molecule has 0 fully saturated rings. The van der Waals surface area contributed by atoms with E-state index in [1.807, 2.05) is 0 Å². The largest absolute Gasteiger partial charge is 0.384 e. The van der Waals surface area contributed by atoms with Gasteiger partial charge < -0.3 is 4.52 Å². The van der Waals surface area contributed by atoms with Crippen LogP contribution < -0.4 is 5.69 Å². The van der Waals surface area contributed by atoms with Gasteiger partial charge in [0.25, 0.3) is 0 Å². The second-order valence-corrected chi connectivity index (χ2v) is 2.11. The standard InChI is InChI=1S/C6H5N3O2/c1-4-7-5-2-3-11-9(5)6(10)8-4/h2-3H,1H3. The van der Waals surface area contributed by atoms with E-state index >= 15 is 0 Å². The van der Waals surface area contributed by atoms with E-state index in [-0.39, 0.29) is 0 Å². The summed E-state index contributed by atoms with van der Waals surface area (Å²) in [6.45, 7) is 1.66. The van der Waals surface area contributed by atoms with Gasteiger partial charge in [-0.25, -0.2) is 9.78 Å². The average Bonchev–Trinajstić information content (AvgIpc) is 2.34. The highest BCUT2D eigenvalue weighted by Gasteiger charge is 2.00. The molecular formula is C6H5N3O2. The van der Waals surface area contributed by atoms with Crippen LogP contribution in [0.1, 0.15) is 5.82 Å². The van der Waals surface area contributed by atoms with Crippen molar-refractivity contribution in [2.75, 3.05) is 0 Å². The molecule has 2 rings (SSSR count). The molecule has 0 spiro atoms. The van der Waals surface area contributed by atoms with Crippen molar-refractivity contribution >= 4 is 5.65 Å². The Morgan fingerprint density at radius 2 is 2.36 bits per heavy atom. The highest BCUT2D eigenvalue weighted by molar-refractivity contribution is 5.32. The molecule has 0 aliphatic heterocycles. The quantitative estimate of drug-likeness (QED) is 0.531. The molecule has 2 heterocycles. The Hall–Kier alpha value is -1.65. The van der Waals surface area contributed by atoms with E-state index in [9.17, 15) is 4.79 Å². The first-order valence-electron chi connectivity index (χ1n) is 3.09. The maximum atomic E-state index is 11.0. The van der Waals surface area contributed by atoms with Gasteiger partial charge in [0.05, 0.1) is 0 Å². The van der Waals surface area contributed by atoms with Crippen LogP contribution in [0.15, 0.2) is 21.6 Å². The van der Waals surface area contributed by atoms with Crippen molar-refractivity contribution in [3.63, 3.8) is 0 Å². The van der Waals surface area contributed by atoms with Gasteiger partial charge in [-0.3, -0.25) is 0 Å². The Balaban J connectivity index is 3.02. The van der Waals surface area contributed by atoms with Crippen LogP contribution in [0, 0.1) is 6.92 Å². The SMILES string of the molecule is Cc1nc(=O)n2occc2n1. The second-order valence-electron chi connectivity index (χ2n) is 2.11. The molecule has 0 aliphatic rings. The lowest BCUT2D eigenvalue weighted by Crippen LogP contribution is -2.17. The zero-order valence-corrected chi connectivity index (χ0v) is 5.81. The van der Waals surface area contributed by atoms with Gasteiger partial charge in [0.15, 0.2) is 5.65 Å². The molecule has 2 aromatic rings. The van der Waals surface area contributed by atoms with Gasteiger partial charge in [0.1, 0.15) is 12.1 Å². The Labute approximate surface area is 61.3 Å². The summed E-state index contributed by atoms with van der Waals surface area (Å²) in [7, 11) is 0. The zero-order valence-electron chi connectivity index (χ0n) is 5.81. The molecule has 0 N–H and O–H groups in total. The highest BCUT2D eigenvalue weighted by Crippen LogP contribution is 1.95. The normalized spacial score (nSPS) is 10.6. The van der Waals surface area contributed by atoms with E-state index in [0.29, 0.717) is 11.5 Å². The first kappa shape index (κ1) is 6.09. The molecule has 11 heavy (non-hydrogen) atoms. The zero-order chi connectivity index (χ0) is 7.84. The minimum absolute atomic E-state index is 0.433. The summed E-state index contributed by atoms with van der Waals surface area (Å²) in [6, 6.07) is 1.61. The number of fused-ring (bicyclic) bond motifs is 1. The molecule has 5 nitrogen and oxygen atoms in total. The smallest absolute Gasteiger partial charge is 0.377 e. The molecule has 56 valence electrons. The molecule has 5 heteroatoms. The average molecular weight is 151 g/mol. The number of hydrogen-bond acceptors (Lipinski definition) is 4. The van der Waals surface area contributed by atoms with Crippen LogP contribution >= 0.6 is 0 Å². The Bertz CT molecular complexity index is 442. The van der Waals surface area contributed by atoms with Gasteiger partial charge in [-0.2, -0.15) is 4.98 Å². The predicted molar refractivity (Wildman–Crippen MR) is 36.3 cm³/mol. The fourth-order valence-corrected chi connectivity index (χ4v) is 0.874. The summed E-state index contributed by atoms with van der Waals surface area (Å²) in [5.74, 6) is 0.455. The Morgan fingerprint density at radius 3 is 3.18 bits per heavy atom. The molecule has 2 aromatic heterocycles. The monoisotopic (exact) mass is 151 g/mol. The summed E-state index contributed by atoms with van der Waals surface area (Å²) in [5.41, 5.74) is 0.0556. The lowest BCUT2D eigenvalue weighted by Gasteiger charge is -1.89. The molecule has 0 amide bonds. The number of rotatable bonds is 0. The van der Waals surface area contributed by atoms with Crippen LogP contribution in [0.3, 0.4) is 0 Å². The first-order chi connectivity index (χ1) is 5.27. The summed E-state index contributed by atoms with van der Waals surface area (Å²) < 4.78 is 5.82. The number of aromatic nitrogens is 3. The molecule has 0 bridgehead atoms. The predicted octanol–water partition coefficient (Wildman–Crippen LogP) is -0.00908. The van der Waals surface area contributed by atoms with Gasteiger partial charge in [0, 0.05) is 6.07 Å². The van der Waals surface area contributed by atoms with Crippen LogP contribution in [-0.2, 0) is 0 Å². The van der Waals surface area contributed by atoms with Crippen LogP contribution in [0.4, 0.5) is 0 Å². The fraction of sp³-hybridized carbons (Fsp3) is 0.167. The maximum absolute atomic E-state index is 11.0. The van der Waals surface area contributed by atoms with E-state index in [2.05, 4.69) is 9.97 Å². The van der Waals surface area contributed by atoms with Gasteiger partial charge >= 0.3 is 5.69 Å². The van der Waals surface area contributed by atoms with Crippen molar-refractivity contribution in [1.29, 1.82) is 0 Å². The van der Waals surface area contributed by atoms with E-state index in [1.54, 1.807) is 13.0 Å². The van der Waals surface area contributed by atoms with Crippen molar-refractivity contribution < 1.29 is 4.52 Å². The molecule has 0 saturated heterocycles. The molecule has 0 atom stereocenters. The molecule has 0 unspecified atom stereocenters. The summed E-state index contributed by atoms with van der Waals surface area (Å²) in [5, 5.41) is 0. The van der Waals surface area contributed by atoms with E-state index in [0.717, 1.165) is 4.57 Å². The van der Waals surface area contributed by atoms with Crippen LogP contribution in [-0.4, -0.2) is 14.5 Å². The number of aryl methyl sites for hydroxylation is 1. The highest BCUT2D eigenvalue weighted by atomic mass is 16.5. The van der Waals surface area contributed by atoms with Gasteiger partial charge in [0.2, 0.25) is 0 Å². The molecule has 0 radical (unpaired) electrons. The second kappa shape index (κ2) is 1.91. The van der Waals surface area contributed by atoms with E-state index in [1.165, 1.54) is 6.26 Å². The lowest BCUT2D eigenvalue weighted by atomic mass is 10.6. The molecular weight excluding hydrogens is 146 g/mol. The van der Waals surface area contributed by atoms with Crippen molar-refractivity contribution in [2.45, 2.75) is 6.92 Å². The minimum atomic E-state index is -0.433. The molecule has 0 aromatic carbocycles. The molecule has 0 saturated carbocycles. The van der Waals surface area contributed by atoms with E-state index < -0.39 is 5.69 Å². The van der Waals surface area contributed by atoms with Crippen LogP contribution in [0.2, 0.25) is 0 Å². The third-order valence-corrected chi connectivity index (χ3v) is 1.30. The van der Waals surface area contributed by atoms with Crippen molar-refractivity contribution in [3.05, 3.63) is 28.6 Å². The van der Waals surface area contributed by atoms with Crippen LogP contribution in [0.5, 0.6) is 0 Å². The summed E-state index contributed by atoms with van der Waals surface area (Å²) in [4.78, 5) is 18.5. The van der Waals surface area contributed by atoms with Crippen LogP contribution in [0.25, 0.3) is 5.65 Å². The van der Waals surface area contributed by atoms with Crippen molar-refractivity contribution in [3.8, 4) is 0 Å². The first-order valence-corrected chi connectivity index (χ1v) is 3.09. The van der Waals surface area contributed by atoms with Gasteiger partial charge in [-0.15, -0.1) is 4.57 Å². The Kier molecular flexibility index (Phi) is 1.06. The summed E-state index contributed by atoms with van der Waals surface area (Å²) >= 11 is 0. The Morgan fingerprint density at radius 1 is 1.55 bits per heavy atom. The molecule has 0 aliphatic carbocycles. The van der Waals surface area contributed by atoms with Crippen molar-refractivity contribution in [1.82, 2.24) is 14.5 Å². The number of hydrogen-bond donors (Lipinski definition) is 0. The third kappa shape index (κ3) is 0.813. The van der Waals surface area contributed by atoms with E-state index in [4.69, 9.17) is 4.52 Å². The van der Waals surface area contributed by atoms with Gasteiger partial charge in [-0.05, 0) is 6.92 Å². The topological polar surface area (TPSA) is 60.4 Å². The number of nitrogens with zero attached hydrogens (tertiary/aromatic N) is 3. The van der Waals surface area contributed by atoms with Crippen molar-refractivity contribution in [2.24, 2.45) is 0 Å². The summed E-state index contributed by atoms with van der Waals surface area (Å²) in [6.07, 6.45) is 1.39.